The van der Waals surface area contributed by atoms with Gasteiger partial charge in [-0.25, -0.2) is 19.3 Å². The highest BCUT2D eigenvalue weighted by Gasteiger charge is 2.32. The minimum absolute atomic E-state index is 0.200. The summed E-state index contributed by atoms with van der Waals surface area (Å²) in [5.74, 6) is 1.30. The number of hydrogen-bond acceptors (Lipinski definition) is 8. The second kappa shape index (κ2) is 20.4. The van der Waals surface area contributed by atoms with Gasteiger partial charge in [0.05, 0.1) is 21.8 Å². The number of rotatable bonds is 11. The smallest absolute Gasteiger partial charge is 0.457 e. The lowest BCUT2D eigenvalue weighted by molar-refractivity contribution is -0.274. The van der Waals surface area contributed by atoms with E-state index in [0.29, 0.717) is 69.1 Å². The van der Waals surface area contributed by atoms with Crippen molar-refractivity contribution in [3.8, 4) is 17.2 Å². The number of fused-ring (bicyclic) bond motifs is 2. The van der Waals surface area contributed by atoms with Crippen LogP contribution in [0.5, 0.6) is 17.2 Å². The molecule has 0 saturated carbocycles. The van der Waals surface area contributed by atoms with Crippen LogP contribution in [0.3, 0.4) is 0 Å². The number of benzene rings is 5. The first-order valence-electron chi connectivity index (χ1n) is 21.8. The zero-order valence-corrected chi connectivity index (χ0v) is 37.8. The van der Waals surface area contributed by atoms with E-state index < -0.39 is 18.1 Å². The molecule has 69 heavy (non-hydrogen) atoms. The van der Waals surface area contributed by atoms with E-state index in [0.717, 1.165) is 60.6 Å². The van der Waals surface area contributed by atoms with Crippen LogP contribution in [0.25, 0.3) is 16.6 Å². The molecule has 1 aliphatic rings. The van der Waals surface area contributed by atoms with Gasteiger partial charge in [0.1, 0.15) is 46.0 Å². The maximum absolute atomic E-state index is 13.5. The number of alkyl halides is 6. The minimum Gasteiger partial charge on any atom is -0.457 e. The Balaban J connectivity index is 0.000000192. The molecule has 9 rings (SSSR count). The van der Waals surface area contributed by atoms with Gasteiger partial charge in [-0.3, -0.25) is 9.20 Å². The number of nitrogens with zero attached hydrogens (tertiary/aromatic N) is 5. The molecule has 0 aliphatic carbocycles. The monoisotopic (exact) mass is 969 g/mol. The van der Waals surface area contributed by atoms with E-state index in [-0.39, 0.29) is 23.4 Å². The molecule has 2 N–H and O–H groups in total. The number of aryl methyl sites for hydroxylation is 2. The molecular formula is C51H43ClF7N7O3. The summed E-state index contributed by atoms with van der Waals surface area (Å²) in [5.41, 5.74) is 5.47. The van der Waals surface area contributed by atoms with E-state index in [1.165, 1.54) is 36.4 Å². The van der Waals surface area contributed by atoms with E-state index in [9.17, 15) is 35.5 Å². The highest BCUT2D eigenvalue weighted by molar-refractivity contribution is 6.30. The van der Waals surface area contributed by atoms with Gasteiger partial charge in [-0.15, -0.1) is 13.2 Å². The van der Waals surface area contributed by atoms with Crippen molar-refractivity contribution >= 4 is 51.3 Å². The van der Waals surface area contributed by atoms with Crippen LogP contribution in [-0.4, -0.2) is 44.7 Å². The van der Waals surface area contributed by atoms with Crippen molar-refractivity contribution in [1.82, 2.24) is 24.7 Å². The number of halogens is 8. The molecule has 0 radical (unpaired) electrons. The Hall–Kier alpha value is -7.40. The summed E-state index contributed by atoms with van der Waals surface area (Å²) in [6, 6.07) is 33.5. The van der Waals surface area contributed by atoms with Gasteiger partial charge >= 0.3 is 12.5 Å². The predicted octanol–water partition coefficient (Wildman–Crippen LogP) is 13.4. The van der Waals surface area contributed by atoms with Gasteiger partial charge in [-0.1, -0.05) is 42.8 Å². The van der Waals surface area contributed by atoms with Crippen LogP contribution in [0.4, 0.5) is 47.9 Å². The standard InChI is InChI=1S/C29H28ClF3N4O2.C22H15F4N3O/c1-2-25-27(37-18-22(30)7-12-26(37)35-25)28(38)34-17-19-3-8-23(9-4-19)36-15-13-21(14-16-36)20-5-10-24(11-6-20)39-29(31,32)33;1-13-27-20-12-15(23)4-11-19(20)21(28-13)29-16-5-9-18(10-6-16)30-17-7-2-14(3-8-17)22(24,25)26/h3-12,18,21H,2,13-17H2,1H3,(H,34,38);2-12H,1H3,(H,27,28,29). The SMILES string of the molecule is CCc1nc2ccc(Cl)cn2c1C(=O)NCc1ccc(N2CCC(c3ccc(OC(F)(F)F)cc3)CC2)cc1.Cc1nc(Nc2ccc(Oc3ccc(C(F)(F)F)cc3)cc2)c2ccc(F)cc2n1. The molecule has 5 aromatic carbocycles. The van der Waals surface area contributed by atoms with E-state index in [1.807, 2.05) is 19.1 Å². The van der Waals surface area contributed by atoms with Crippen molar-refractivity contribution in [2.75, 3.05) is 23.3 Å². The fourth-order valence-corrected chi connectivity index (χ4v) is 8.12. The van der Waals surface area contributed by atoms with E-state index in [4.69, 9.17) is 16.3 Å². The van der Waals surface area contributed by atoms with Crippen molar-refractivity contribution < 1.29 is 45.0 Å². The molecule has 356 valence electrons. The fraction of sp³-hybridized carbons (Fsp3) is 0.216. The van der Waals surface area contributed by atoms with Crippen molar-refractivity contribution in [2.45, 2.75) is 58.1 Å². The highest BCUT2D eigenvalue weighted by atomic mass is 35.5. The fourth-order valence-electron chi connectivity index (χ4n) is 7.96. The number of nitrogens with one attached hydrogen (secondary N) is 2. The number of pyridine rings is 1. The van der Waals surface area contributed by atoms with Gasteiger partial charge in [0.2, 0.25) is 0 Å². The number of piperidine rings is 1. The van der Waals surface area contributed by atoms with Crippen LogP contribution in [0, 0.1) is 12.7 Å². The molecule has 18 heteroatoms. The topological polar surface area (TPSA) is 106 Å². The number of carbonyl (C=O) groups is 1. The molecule has 1 amide bonds. The lowest BCUT2D eigenvalue weighted by atomic mass is 9.89. The lowest BCUT2D eigenvalue weighted by Gasteiger charge is -2.34. The van der Waals surface area contributed by atoms with Crippen molar-refractivity contribution in [3.05, 3.63) is 178 Å². The Kier molecular flexibility index (Phi) is 14.2. The molecule has 3 aromatic heterocycles. The highest BCUT2D eigenvalue weighted by Crippen LogP contribution is 2.34. The third kappa shape index (κ3) is 12.2. The quantitative estimate of drug-likeness (QED) is 0.124. The molecular weight excluding hydrogens is 927 g/mol. The largest absolute Gasteiger partial charge is 0.573 e. The van der Waals surface area contributed by atoms with Crippen molar-refractivity contribution in [1.29, 1.82) is 0 Å². The maximum Gasteiger partial charge on any atom is 0.573 e. The number of aromatic nitrogens is 4. The Morgan fingerprint density at radius 3 is 2.07 bits per heavy atom. The number of carbonyl (C=O) groups excluding carboxylic acids is 1. The Bertz CT molecular complexity index is 3040. The molecule has 0 atom stereocenters. The molecule has 0 bridgehead atoms. The lowest BCUT2D eigenvalue weighted by Crippen LogP contribution is -2.32. The predicted molar refractivity (Wildman–Crippen MR) is 250 cm³/mol. The summed E-state index contributed by atoms with van der Waals surface area (Å²) in [4.78, 5) is 28.5. The Morgan fingerprint density at radius 2 is 1.43 bits per heavy atom. The number of imidazole rings is 1. The summed E-state index contributed by atoms with van der Waals surface area (Å²) in [7, 11) is 0. The summed E-state index contributed by atoms with van der Waals surface area (Å²) in [6.45, 7) is 5.75. The first kappa shape index (κ1) is 48.1. The average Bonchev–Trinajstić information content (AvgIpc) is 3.69. The van der Waals surface area contributed by atoms with Crippen LogP contribution >= 0.6 is 11.6 Å². The number of amides is 1. The van der Waals surface area contributed by atoms with Crippen molar-refractivity contribution in [2.24, 2.45) is 0 Å². The minimum atomic E-state index is -4.68. The summed E-state index contributed by atoms with van der Waals surface area (Å²) in [5, 5.41) is 7.37. The Labute approximate surface area is 396 Å². The van der Waals surface area contributed by atoms with Crippen LogP contribution in [-0.2, 0) is 19.1 Å². The molecule has 10 nitrogen and oxygen atoms in total. The van der Waals surface area contributed by atoms with Gasteiger partial charge in [0, 0.05) is 48.7 Å². The first-order chi connectivity index (χ1) is 33.0. The first-order valence-corrected chi connectivity index (χ1v) is 22.2. The zero-order chi connectivity index (χ0) is 48.9. The summed E-state index contributed by atoms with van der Waals surface area (Å²) >= 11 is 6.14. The van der Waals surface area contributed by atoms with Gasteiger partial charge in [-0.2, -0.15) is 13.2 Å². The van der Waals surface area contributed by atoms with Gasteiger partial charge in [0.25, 0.3) is 5.91 Å². The van der Waals surface area contributed by atoms with Gasteiger partial charge in [-0.05, 0) is 140 Å². The van der Waals surface area contributed by atoms with Crippen LogP contribution in [0.1, 0.15) is 64.4 Å². The zero-order valence-electron chi connectivity index (χ0n) is 37.0. The number of anilines is 3. The van der Waals surface area contributed by atoms with Gasteiger partial charge in [0.15, 0.2) is 0 Å². The van der Waals surface area contributed by atoms with E-state index >= 15 is 0 Å². The second-order valence-electron chi connectivity index (χ2n) is 16.1. The average molecular weight is 970 g/mol. The maximum atomic E-state index is 13.5. The Morgan fingerprint density at radius 1 is 0.783 bits per heavy atom. The number of hydrogen-bond donors (Lipinski definition) is 2. The summed E-state index contributed by atoms with van der Waals surface area (Å²) in [6.07, 6.45) is -4.93. The second-order valence-corrected chi connectivity index (χ2v) is 16.6. The summed E-state index contributed by atoms with van der Waals surface area (Å²) < 4.78 is 99.9. The third-order valence-electron chi connectivity index (χ3n) is 11.3. The van der Waals surface area contributed by atoms with E-state index in [2.05, 4.69) is 47.4 Å². The van der Waals surface area contributed by atoms with Crippen molar-refractivity contribution in [3.63, 3.8) is 0 Å². The van der Waals surface area contributed by atoms with Crippen LogP contribution in [0.15, 0.2) is 134 Å². The van der Waals surface area contributed by atoms with Gasteiger partial charge < -0.3 is 25.0 Å². The number of ether oxygens (including phenoxy) is 2. The molecule has 1 aliphatic heterocycles. The molecule has 0 spiro atoms. The molecule has 1 saturated heterocycles. The van der Waals surface area contributed by atoms with Crippen LogP contribution < -0.4 is 25.0 Å². The molecule has 1 fully saturated rings. The third-order valence-corrected chi connectivity index (χ3v) is 11.6. The molecule has 0 unspecified atom stereocenters. The molecule has 8 aromatic rings. The van der Waals surface area contributed by atoms with Crippen LogP contribution in [0.2, 0.25) is 5.02 Å². The normalized spacial score (nSPS) is 13.2. The molecule has 4 heterocycles. The van der Waals surface area contributed by atoms with E-state index in [1.54, 1.807) is 72.1 Å².